The summed E-state index contributed by atoms with van der Waals surface area (Å²) in [6.07, 6.45) is 4.29. The molecule has 1 aromatic carbocycles. The second kappa shape index (κ2) is 10.1. The van der Waals surface area contributed by atoms with Crippen LogP contribution in [0.3, 0.4) is 0 Å². The zero-order valence-electron chi connectivity index (χ0n) is 18.1. The fraction of sp³-hybridized carbons (Fsp3) is 0.348. The number of nitrogens with zero attached hydrogens (tertiary/aromatic N) is 3. The highest BCUT2D eigenvalue weighted by atomic mass is 16.2. The third kappa shape index (κ3) is 5.28. The second-order valence-electron chi connectivity index (χ2n) is 7.99. The number of benzene rings is 1. The molecule has 2 aliphatic rings. The molecule has 2 aromatic rings. The summed E-state index contributed by atoms with van der Waals surface area (Å²) in [5.41, 5.74) is 0.990. The van der Waals surface area contributed by atoms with Crippen molar-refractivity contribution >= 4 is 29.4 Å². The lowest BCUT2D eigenvalue weighted by Gasteiger charge is -2.41. The van der Waals surface area contributed by atoms with E-state index in [4.69, 9.17) is 0 Å². The van der Waals surface area contributed by atoms with Gasteiger partial charge in [-0.3, -0.25) is 19.4 Å². The lowest BCUT2D eigenvalue weighted by Crippen LogP contribution is -2.64. The van der Waals surface area contributed by atoms with Crippen molar-refractivity contribution in [2.75, 3.05) is 31.5 Å². The maximum absolute atomic E-state index is 13.2. The van der Waals surface area contributed by atoms with Gasteiger partial charge in [0.15, 0.2) is 0 Å². The molecular formula is C23H26N6O4. The van der Waals surface area contributed by atoms with Gasteiger partial charge in [0, 0.05) is 37.7 Å². The highest BCUT2D eigenvalue weighted by molar-refractivity contribution is 5.99. The molecule has 2 aliphatic heterocycles. The van der Waals surface area contributed by atoms with Crippen LogP contribution < -0.4 is 16.0 Å². The van der Waals surface area contributed by atoms with Gasteiger partial charge in [0.1, 0.15) is 12.1 Å². The van der Waals surface area contributed by atoms with Crippen LogP contribution in [0.2, 0.25) is 0 Å². The number of urea groups is 1. The molecule has 4 rings (SSSR count). The van der Waals surface area contributed by atoms with E-state index in [2.05, 4.69) is 20.9 Å². The minimum Gasteiger partial charge on any atom is -0.354 e. The molecule has 0 saturated carbocycles. The van der Waals surface area contributed by atoms with Gasteiger partial charge in [-0.15, -0.1) is 0 Å². The van der Waals surface area contributed by atoms with Crippen molar-refractivity contribution in [3.8, 4) is 0 Å². The molecule has 10 heteroatoms. The quantitative estimate of drug-likeness (QED) is 0.637. The fourth-order valence-corrected chi connectivity index (χ4v) is 3.99. The molecule has 33 heavy (non-hydrogen) atoms. The molecule has 10 nitrogen and oxygen atoms in total. The molecule has 0 aliphatic carbocycles. The fourth-order valence-electron chi connectivity index (χ4n) is 3.99. The van der Waals surface area contributed by atoms with E-state index in [1.54, 1.807) is 30.5 Å². The number of nitrogens with one attached hydrogen (secondary N) is 3. The maximum atomic E-state index is 13.2. The van der Waals surface area contributed by atoms with Gasteiger partial charge in [0.05, 0.1) is 12.1 Å². The molecule has 2 atom stereocenters. The number of pyridine rings is 1. The minimum atomic E-state index is -0.942. The van der Waals surface area contributed by atoms with Crippen molar-refractivity contribution in [3.63, 3.8) is 0 Å². The Morgan fingerprint density at radius 2 is 1.88 bits per heavy atom. The number of para-hydroxylation sites is 1. The number of carbonyl (C=O) groups is 4. The molecular weight excluding hydrogens is 424 g/mol. The number of anilines is 1. The van der Waals surface area contributed by atoms with Crippen molar-refractivity contribution in [1.82, 2.24) is 25.4 Å². The molecule has 0 unspecified atom stereocenters. The number of hydrogen-bond acceptors (Lipinski definition) is 5. The molecule has 0 bridgehead atoms. The normalized spacial score (nSPS) is 20.5. The number of piperazine rings is 1. The average Bonchev–Trinajstić information content (AvgIpc) is 2.85. The van der Waals surface area contributed by atoms with E-state index in [0.29, 0.717) is 24.2 Å². The van der Waals surface area contributed by atoms with Gasteiger partial charge in [0.2, 0.25) is 11.8 Å². The van der Waals surface area contributed by atoms with Gasteiger partial charge in [0.25, 0.3) is 5.91 Å². The largest absolute Gasteiger partial charge is 0.354 e. The van der Waals surface area contributed by atoms with Gasteiger partial charge in [-0.1, -0.05) is 18.2 Å². The van der Waals surface area contributed by atoms with Crippen LogP contribution in [0.4, 0.5) is 10.5 Å². The van der Waals surface area contributed by atoms with Crippen LogP contribution in [0, 0.1) is 0 Å². The van der Waals surface area contributed by atoms with E-state index in [9.17, 15) is 19.2 Å². The third-order valence-electron chi connectivity index (χ3n) is 5.77. The summed E-state index contributed by atoms with van der Waals surface area (Å²) in [5, 5.41) is 8.32. The first-order chi connectivity index (χ1) is 16.0. The lowest BCUT2D eigenvalue weighted by atomic mass is 10.0. The highest BCUT2D eigenvalue weighted by Crippen LogP contribution is 2.17. The van der Waals surface area contributed by atoms with E-state index < -0.39 is 18.0 Å². The first kappa shape index (κ1) is 22.3. The molecule has 5 amide bonds. The Kier molecular flexibility index (Phi) is 6.82. The first-order valence-electron chi connectivity index (χ1n) is 10.9. The van der Waals surface area contributed by atoms with E-state index in [1.807, 2.05) is 18.2 Å². The Bertz CT molecular complexity index is 1020. The Labute approximate surface area is 191 Å². The van der Waals surface area contributed by atoms with Crippen molar-refractivity contribution in [3.05, 3.63) is 60.4 Å². The standard InChI is InChI=1S/C23H26N6O4/c30-20-18(9-5-11-25-20)27-21(31)19-15-28(23(33)26-17-7-2-1-3-8-17)12-13-29(19)22(32)16-6-4-10-24-14-16/h1-4,6-8,10,14,18-19H,5,9,11-13,15H2,(H,25,30)(H,26,33)(H,27,31)/t18-,19-/m1/s1. The Morgan fingerprint density at radius 3 is 2.61 bits per heavy atom. The molecule has 0 radical (unpaired) electrons. The second-order valence-corrected chi connectivity index (χ2v) is 7.99. The SMILES string of the molecule is O=C(N[C@@H]1CCCNC1=O)[C@H]1CN(C(=O)Nc2ccccc2)CCN1C(=O)c1cccnc1. The zero-order chi connectivity index (χ0) is 23.2. The monoisotopic (exact) mass is 450 g/mol. The zero-order valence-corrected chi connectivity index (χ0v) is 18.1. The van der Waals surface area contributed by atoms with Gasteiger partial charge < -0.3 is 25.8 Å². The van der Waals surface area contributed by atoms with Crippen LogP contribution in [0.1, 0.15) is 23.2 Å². The first-order valence-corrected chi connectivity index (χ1v) is 10.9. The molecule has 2 saturated heterocycles. The summed E-state index contributed by atoms with van der Waals surface area (Å²) in [4.78, 5) is 58.3. The molecule has 0 spiro atoms. The van der Waals surface area contributed by atoms with E-state index in [1.165, 1.54) is 16.0 Å². The number of aromatic nitrogens is 1. The van der Waals surface area contributed by atoms with Crippen molar-refractivity contribution in [2.24, 2.45) is 0 Å². The highest BCUT2D eigenvalue weighted by Gasteiger charge is 2.39. The summed E-state index contributed by atoms with van der Waals surface area (Å²) in [6.45, 7) is 1.02. The topological polar surface area (TPSA) is 124 Å². The molecule has 172 valence electrons. The maximum Gasteiger partial charge on any atom is 0.321 e. The van der Waals surface area contributed by atoms with Crippen LogP contribution >= 0.6 is 0 Å². The number of amides is 5. The average molecular weight is 450 g/mol. The van der Waals surface area contributed by atoms with Crippen molar-refractivity contribution < 1.29 is 19.2 Å². The Morgan fingerprint density at radius 1 is 1.06 bits per heavy atom. The van der Waals surface area contributed by atoms with Crippen LogP contribution in [-0.4, -0.2) is 76.8 Å². The van der Waals surface area contributed by atoms with Crippen LogP contribution in [0.25, 0.3) is 0 Å². The summed E-state index contributed by atoms with van der Waals surface area (Å²) in [6, 6.07) is 10.3. The van der Waals surface area contributed by atoms with Crippen LogP contribution in [0.15, 0.2) is 54.9 Å². The van der Waals surface area contributed by atoms with Gasteiger partial charge in [-0.25, -0.2) is 4.79 Å². The van der Waals surface area contributed by atoms with Crippen molar-refractivity contribution in [1.29, 1.82) is 0 Å². The summed E-state index contributed by atoms with van der Waals surface area (Å²) in [5.74, 6) is -1.06. The van der Waals surface area contributed by atoms with E-state index in [0.717, 1.165) is 6.42 Å². The lowest BCUT2D eigenvalue weighted by molar-refractivity contribution is -0.133. The van der Waals surface area contributed by atoms with Gasteiger partial charge >= 0.3 is 6.03 Å². The number of rotatable bonds is 4. The molecule has 3 N–H and O–H groups in total. The van der Waals surface area contributed by atoms with Gasteiger partial charge in [-0.2, -0.15) is 0 Å². The van der Waals surface area contributed by atoms with E-state index in [-0.39, 0.29) is 37.5 Å². The third-order valence-corrected chi connectivity index (χ3v) is 5.77. The van der Waals surface area contributed by atoms with Crippen LogP contribution in [0.5, 0.6) is 0 Å². The smallest absolute Gasteiger partial charge is 0.321 e. The summed E-state index contributed by atoms with van der Waals surface area (Å²) >= 11 is 0. The summed E-state index contributed by atoms with van der Waals surface area (Å²) < 4.78 is 0. The van der Waals surface area contributed by atoms with Gasteiger partial charge in [-0.05, 0) is 37.1 Å². The van der Waals surface area contributed by atoms with Crippen LogP contribution in [-0.2, 0) is 9.59 Å². The number of piperidine rings is 1. The number of hydrogen-bond donors (Lipinski definition) is 3. The molecule has 3 heterocycles. The summed E-state index contributed by atoms with van der Waals surface area (Å²) in [7, 11) is 0. The predicted molar refractivity (Wildman–Crippen MR) is 120 cm³/mol. The van der Waals surface area contributed by atoms with Crippen molar-refractivity contribution in [2.45, 2.75) is 24.9 Å². The Balaban J connectivity index is 1.51. The molecule has 1 aromatic heterocycles. The minimum absolute atomic E-state index is 0.00480. The molecule has 2 fully saturated rings. The van der Waals surface area contributed by atoms with E-state index >= 15 is 0 Å². The predicted octanol–water partition coefficient (Wildman–Crippen LogP) is 0.835. The Hall–Kier alpha value is -3.95. The number of carbonyl (C=O) groups excluding carboxylic acids is 4.